The van der Waals surface area contributed by atoms with Gasteiger partial charge in [0.2, 0.25) is 0 Å². The van der Waals surface area contributed by atoms with Crippen LogP contribution in [0, 0.1) is 0 Å². The van der Waals surface area contributed by atoms with Crippen LogP contribution >= 0.6 is 0 Å². The predicted octanol–water partition coefficient (Wildman–Crippen LogP) is 3.01. The van der Waals surface area contributed by atoms with Crippen LogP contribution in [0.2, 0.25) is 0 Å². The largest absolute Gasteiger partial charge is 0.478 e. The standard InChI is InChI=1S/C22H16N2O5/c25-19(15-11-13-18(14-12-15)22(28)29)23-24(20(26)16-7-3-1-4-8-16)21(27)17-9-5-2-6-10-17/h1-14H,(H,23,25)(H,28,29). The van der Waals surface area contributed by atoms with Gasteiger partial charge in [0.15, 0.2) is 0 Å². The van der Waals surface area contributed by atoms with E-state index in [-0.39, 0.29) is 22.3 Å². The number of carbonyl (C=O) groups excluding carboxylic acids is 3. The molecule has 7 heteroatoms. The van der Waals surface area contributed by atoms with Crippen LogP contribution in [-0.4, -0.2) is 33.8 Å². The highest BCUT2D eigenvalue weighted by Gasteiger charge is 2.26. The number of rotatable bonds is 4. The summed E-state index contributed by atoms with van der Waals surface area (Å²) >= 11 is 0. The molecule has 0 aromatic heterocycles. The number of nitrogens with one attached hydrogen (secondary N) is 1. The Balaban J connectivity index is 1.90. The molecule has 0 aliphatic rings. The van der Waals surface area contributed by atoms with Gasteiger partial charge in [-0.05, 0) is 48.5 Å². The number of benzene rings is 3. The van der Waals surface area contributed by atoms with Gasteiger partial charge in [-0.1, -0.05) is 36.4 Å². The van der Waals surface area contributed by atoms with Crippen molar-refractivity contribution in [3.05, 3.63) is 107 Å². The van der Waals surface area contributed by atoms with Crippen LogP contribution in [0.5, 0.6) is 0 Å². The zero-order chi connectivity index (χ0) is 20.8. The second-order valence-corrected chi connectivity index (χ2v) is 6.00. The summed E-state index contributed by atoms with van der Waals surface area (Å²) in [7, 11) is 0. The van der Waals surface area contributed by atoms with Crippen LogP contribution in [0.25, 0.3) is 0 Å². The van der Waals surface area contributed by atoms with E-state index in [1.165, 1.54) is 48.5 Å². The topological polar surface area (TPSA) is 104 Å². The number of nitrogens with zero attached hydrogens (tertiary/aromatic N) is 1. The first-order chi connectivity index (χ1) is 14.0. The van der Waals surface area contributed by atoms with Gasteiger partial charge in [-0.15, -0.1) is 0 Å². The summed E-state index contributed by atoms with van der Waals surface area (Å²) < 4.78 is 0. The molecule has 3 rings (SSSR count). The maximum absolute atomic E-state index is 12.9. The Labute approximate surface area is 166 Å². The lowest BCUT2D eigenvalue weighted by Crippen LogP contribution is -2.49. The Kier molecular flexibility index (Phi) is 5.80. The van der Waals surface area contributed by atoms with Crippen molar-refractivity contribution in [3.63, 3.8) is 0 Å². The number of aromatic carboxylic acids is 1. The average molecular weight is 388 g/mol. The second-order valence-electron chi connectivity index (χ2n) is 6.00. The summed E-state index contributed by atoms with van der Waals surface area (Å²) in [6.07, 6.45) is 0. The zero-order valence-corrected chi connectivity index (χ0v) is 15.1. The van der Waals surface area contributed by atoms with Crippen LogP contribution in [0.4, 0.5) is 0 Å². The van der Waals surface area contributed by atoms with E-state index in [0.29, 0.717) is 5.01 Å². The Bertz CT molecular complexity index is 996. The molecule has 0 spiro atoms. The van der Waals surface area contributed by atoms with Gasteiger partial charge in [0.25, 0.3) is 17.7 Å². The van der Waals surface area contributed by atoms with E-state index in [9.17, 15) is 19.2 Å². The molecular formula is C22H16N2O5. The maximum atomic E-state index is 12.9. The molecule has 7 nitrogen and oxygen atoms in total. The van der Waals surface area contributed by atoms with E-state index < -0.39 is 23.7 Å². The number of carbonyl (C=O) groups is 4. The number of carboxylic acid groups (broad SMARTS) is 1. The highest BCUT2D eigenvalue weighted by Crippen LogP contribution is 2.10. The number of hydrogen-bond acceptors (Lipinski definition) is 4. The molecule has 0 heterocycles. The molecule has 0 aliphatic heterocycles. The van der Waals surface area contributed by atoms with Gasteiger partial charge in [-0.3, -0.25) is 19.8 Å². The van der Waals surface area contributed by atoms with Crippen molar-refractivity contribution < 1.29 is 24.3 Å². The fourth-order valence-electron chi connectivity index (χ4n) is 2.54. The monoisotopic (exact) mass is 388 g/mol. The molecule has 3 amide bonds. The molecule has 0 aliphatic carbocycles. The summed E-state index contributed by atoms with van der Waals surface area (Å²) in [6, 6.07) is 21.3. The lowest BCUT2D eigenvalue weighted by atomic mass is 10.1. The molecule has 0 fully saturated rings. The van der Waals surface area contributed by atoms with Crippen LogP contribution < -0.4 is 5.43 Å². The summed E-state index contributed by atoms with van der Waals surface area (Å²) in [6.45, 7) is 0. The Hall–Kier alpha value is -4.26. The van der Waals surface area contributed by atoms with E-state index in [4.69, 9.17) is 5.11 Å². The van der Waals surface area contributed by atoms with Gasteiger partial charge >= 0.3 is 5.97 Å². The summed E-state index contributed by atoms with van der Waals surface area (Å²) in [5.41, 5.74) is 2.88. The van der Waals surface area contributed by atoms with Gasteiger partial charge in [-0.2, -0.15) is 5.01 Å². The van der Waals surface area contributed by atoms with Crippen LogP contribution in [-0.2, 0) is 0 Å². The van der Waals surface area contributed by atoms with E-state index in [1.807, 2.05) is 0 Å². The quantitative estimate of drug-likeness (QED) is 0.528. The van der Waals surface area contributed by atoms with Gasteiger partial charge in [0.05, 0.1) is 5.56 Å². The first-order valence-corrected chi connectivity index (χ1v) is 8.60. The smallest absolute Gasteiger partial charge is 0.335 e. The van der Waals surface area contributed by atoms with Crippen molar-refractivity contribution >= 4 is 23.7 Å². The van der Waals surface area contributed by atoms with Crippen molar-refractivity contribution in [2.45, 2.75) is 0 Å². The first kappa shape index (κ1) is 19.5. The Morgan fingerprint density at radius 2 is 1.00 bits per heavy atom. The molecule has 0 bridgehead atoms. The molecular weight excluding hydrogens is 372 g/mol. The van der Waals surface area contributed by atoms with Gasteiger partial charge < -0.3 is 5.11 Å². The van der Waals surface area contributed by atoms with E-state index in [1.54, 1.807) is 36.4 Å². The summed E-state index contributed by atoms with van der Waals surface area (Å²) in [4.78, 5) is 49.3. The normalized spacial score (nSPS) is 10.1. The van der Waals surface area contributed by atoms with Gasteiger partial charge in [0, 0.05) is 16.7 Å². The number of hydrazine groups is 1. The van der Waals surface area contributed by atoms with Crippen LogP contribution in [0.1, 0.15) is 41.4 Å². The van der Waals surface area contributed by atoms with Crippen molar-refractivity contribution in [2.75, 3.05) is 0 Å². The molecule has 0 radical (unpaired) electrons. The van der Waals surface area contributed by atoms with Crippen LogP contribution in [0.15, 0.2) is 84.9 Å². The van der Waals surface area contributed by atoms with Crippen molar-refractivity contribution in [1.82, 2.24) is 10.4 Å². The molecule has 29 heavy (non-hydrogen) atoms. The summed E-state index contributed by atoms with van der Waals surface area (Å²) in [5, 5.41) is 9.61. The molecule has 3 aromatic rings. The number of amides is 3. The van der Waals surface area contributed by atoms with Crippen LogP contribution in [0.3, 0.4) is 0 Å². The van der Waals surface area contributed by atoms with E-state index in [0.717, 1.165) is 0 Å². The third-order valence-corrected chi connectivity index (χ3v) is 4.06. The minimum atomic E-state index is -1.13. The molecule has 0 saturated heterocycles. The molecule has 3 aromatic carbocycles. The van der Waals surface area contributed by atoms with E-state index >= 15 is 0 Å². The van der Waals surface area contributed by atoms with Crippen molar-refractivity contribution in [1.29, 1.82) is 0 Å². The Morgan fingerprint density at radius 1 is 0.586 bits per heavy atom. The lowest BCUT2D eigenvalue weighted by molar-refractivity contribution is 0.0484. The summed E-state index contributed by atoms with van der Waals surface area (Å²) in [5.74, 6) is -3.25. The van der Waals surface area contributed by atoms with Crippen molar-refractivity contribution in [3.8, 4) is 0 Å². The molecule has 2 N–H and O–H groups in total. The lowest BCUT2D eigenvalue weighted by Gasteiger charge is -2.21. The highest BCUT2D eigenvalue weighted by atomic mass is 16.4. The number of imide groups is 1. The SMILES string of the molecule is O=C(O)c1ccc(C(=O)NN(C(=O)c2ccccc2)C(=O)c2ccccc2)cc1. The molecule has 0 atom stereocenters. The highest BCUT2D eigenvalue weighted by molar-refractivity contribution is 6.12. The number of carboxylic acids is 1. The first-order valence-electron chi connectivity index (χ1n) is 8.60. The number of hydrogen-bond donors (Lipinski definition) is 2. The minimum Gasteiger partial charge on any atom is -0.478 e. The Morgan fingerprint density at radius 3 is 1.41 bits per heavy atom. The minimum absolute atomic E-state index is 0.0131. The fraction of sp³-hybridized carbons (Fsp3) is 0. The third-order valence-electron chi connectivity index (χ3n) is 4.06. The predicted molar refractivity (Wildman–Crippen MR) is 104 cm³/mol. The van der Waals surface area contributed by atoms with Gasteiger partial charge in [-0.25, -0.2) is 4.79 Å². The average Bonchev–Trinajstić information content (AvgIpc) is 2.77. The second kappa shape index (κ2) is 8.62. The maximum Gasteiger partial charge on any atom is 0.335 e. The third kappa shape index (κ3) is 4.54. The van der Waals surface area contributed by atoms with E-state index in [2.05, 4.69) is 5.43 Å². The van der Waals surface area contributed by atoms with Gasteiger partial charge in [0.1, 0.15) is 0 Å². The molecule has 0 saturated carbocycles. The molecule has 0 unspecified atom stereocenters. The van der Waals surface area contributed by atoms with Crippen molar-refractivity contribution in [2.24, 2.45) is 0 Å². The fourth-order valence-corrected chi connectivity index (χ4v) is 2.54. The zero-order valence-electron chi connectivity index (χ0n) is 15.1. The molecule has 144 valence electrons.